The molecule has 4 N–H and O–H groups in total. The molecule has 0 bridgehead atoms. The average molecular weight is 382 g/mol. The van der Waals surface area contributed by atoms with Gasteiger partial charge in [-0.15, -0.1) is 0 Å². The lowest BCUT2D eigenvalue weighted by atomic mass is 10.1. The Kier molecular flexibility index (Phi) is 5.17. The predicted octanol–water partition coefficient (Wildman–Crippen LogP) is 1.89. The zero-order valence-corrected chi connectivity index (χ0v) is 14.9. The van der Waals surface area contributed by atoms with Crippen LogP contribution in [0.2, 0.25) is 10.0 Å². The third-order valence-electron chi connectivity index (χ3n) is 4.03. The van der Waals surface area contributed by atoms with Gasteiger partial charge >= 0.3 is 5.97 Å². The van der Waals surface area contributed by atoms with Gasteiger partial charge in [-0.05, 0) is 30.7 Å². The van der Waals surface area contributed by atoms with E-state index in [1.54, 1.807) is 43.7 Å². The highest BCUT2D eigenvalue weighted by Crippen LogP contribution is 2.29. The number of allylic oxidation sites excluding steroid dienone is 1. The molecule has 2 aliphatic heterocycles. The Morgan fingerprint density at radius 2 is 2.24 bits per heavy atom. The minimum Gasteiger partial charge on any atom is -0.378 e. The van der Waals surface area contributed by atoms with Gasteiger partial charge < -0.3 is 20.4 Å². The third kappa shape index (κ3) is 3.58. The lowest BCUT2D eigenvalue weighted by Gasteiger charge is -2.33. The zero-order valence-electron chi connectivity index (χ0n) is 13.4. The number of nitrogens with one attached hydrogen (secondary N) is 2. The van der Waals surface area contributed by atoms with Crippen LogP contribution in [0.3, 0.4) is 0 Å². The van der Waals surface area contributed by atoms with Crippen molar-refractivity contribution in [2.75, 3.05) is 0 Å². The molecule has 0 amide bonds. The van der Waals surface area contributed by atoms with Crippen LogP contribution in [-0.2, 0) is 16.2 Å². The van der Waals surface area contributed by atoms with Crippen molar-refractivity contribution in [2.45, 2.75) is 25.7 Å². The van der Waals surface area contributed by atoms with E-state index in [2.05, 4.69) is 20.5 Å². The first-order valence-corrected chi connectivity index (χ1v) is 8.30. The molecule has 3 rings (SSSR count). The summed E-state index contributed by atoms with van der Waals surface area (Å²) in [5.41, 5.74) is 1.78. The minimum atomic E-state index is -0.631. The minimum absolute atomic E-state index is 0.166. The van der Waals surface area contributed by atoms with E-state index in [4.69, 9.17) is 29.1 Å². The summed E-state index contributed by atoms with van der Waals surface area (Å²) < 4.78 is 0. The van der Waals surface area contributed by atoms with Crippen LogP contribution in [0.1, 0.15) is 12.5 Å². The second kappa shape index (κ2) is 7.35. The summed E-state index contributed by atoms with van der Waals surface area (Å²) in [6.07, 6.45) is 4.87. The maximum absolute atomic E-state index is 12.2. The molecule has 132 valence electrons. The van der Waals surface area contributed by atoms with Crippen molar-refractivity contribution >= 4 is 35.4 Å². The molecule has 0 spiro atoms. The van der Waals surface area contributed by atoms with E-state index in [1.165, 1.54) is 0 Å². The fourth-order valence-corrected chi connectivity index (χ4v) is 3.29. The lowest BCUT2D eigenvalue weighted by Crippen LogP contribution is -2.53. The van der Waals surface area contributed by atoms with Crippen molar-refractivity contribution in [1.82, 2.24) is 15.5 Å². The van der Waals surface area contributed by atoms with Gasteiger partial charge in [-0.3, -0.25) is 4.99 Å². The van der Waals surface area contributed by atoms with Gasteiger partial charge in [0.15, 0.2) is 0 Å². The smallest absolute Gasteiger partial charge is 0.374 e. The van der Waals surface area contributed by atoms with E-state index in [1.807, 2.05) is 4.90 Å². The van der Waals surface area contributed by atoms with E-state index in [9.17, 15) is 4.79 Å². The van der Waals surface area contributed by atoms with Gasteiger partial charge in [0, 0.05) is 40.9 Å². The number of hydrogen-bond acceptors (Lipinski definition) is 7. The van der Waals surface area contributed by atoms with E-state index in [0.29, 0.717) is 28.0 Å². The molecule has 0 aliphatic carbocycles. The van der Waals surface area contributed by atoms with Crippen LogP contribution < -0.4 is 16.5 Å². The van der Waals surface area contributed by atoms with Crippen LogP contribution in [0, 0.1) is 0 Å². The summed E-state index contributed by atoms with van der Waals surface area (Å²) in [5.74, 6) is 4.48. The molecule has 0 saturated heterocycles. The molecule has 25 heavy (non-hydrogen) atoms. The fourth-order valence-electron chi connectivity index (χ4n) is 2.91. The van der Waals surface area contributed by atoms with Crippen molar-refractivity contribution in [3.63, 3.8) is 0 Å². The standard InChI is InChI=1S/C16H17Cl2N5O2/c1-9-14(16(24)25-19)23(8-10-6-11(17)2-3-12(10)18)15(22-9)13-7-20-4-5-21-13/h2-7,13,15,21-22H,8,19H2,1H3. The highest BCUT2D eigenvalue weighted by Gasteiger charge is 2.38. The molecule has 0 radical (unpaired) electrons. The van der Waals surface area contributed by atoms with Crippen LogP contribution in [0.4, 0.5) is 0 Å². The first-order chi connectivity index (χ1) is 12.0. The summed E-state index contributed by atoms with van der Waals surface area (Å²) in [4.78, 5) is 22.6. The Morgan fingerprint density at radius 3 is 2.92 bits per heavy atom. The molecule has 0 saturated carbocycles. The van der Waals surface area contributed by atoms with Gasteiger partial charge in [-0.25, -0.2) is 4.79 Å². The van der Waals surface area contributed by atoms with E-state index in [-0.39, 0.29) is 12.2 Å². The van der Waals surface area contributed by atoms with Gasteiger partial charge in [0.2, 0.25) is 0 Å². The van der Waals surface area contributed by atoms with Crippen molar-refractivity contribution < 1.29 is 9.63 Å². The van der Waals surface area contributed by atoms with Crippen molar-refractivity contribution in [2.24, 2.45) is 10.9 Å². The lowest BCUT2D eigenvalue weighted by molar-refractivity contribution is -0.141. The van der Waals surface area contributed by atoms with Crippen LogP contribution in [-0.4, -0.2) is 29.3 Å². The van der Waals surface area contributed by atoms with Crippen molar-refractivity contribution in [3.05, 3.63) is 57.6 Å². The molecule has 1 aromatic carbocycles. The number of aliphatic imine (C=N–C) groups is 1. The molecule has 1 aromatic rings. The molecule has 7 nitrogen and oxygen atoms in total. The number of rotatable bonds is 4. The highest BCUT2D eigenvalue weighted by molar-refractivity contribution is 6.33. The van der Waals surface area contributed by atoms with Gasteiger partial charge in [0.25, 0.3) is 0 Å². The normalized spacial score (nSPS) is 22.0. The van der Waals surface area contributed by atoms with E-state index >= 15 is 0 Å². The fraction of sp³-hybridized carbons (Fsp3) is 0.250. The quantitative estimate of drug-likeness (QED) is 0.689. The monoisotopic (exact) mass is 381 g/mol. The van der Waals surface area contributed by atoms with Gasteiger partial charge in [-0.1, -0.05) is 23.2 Å². The number of halogens is 2. The Bertz CT molecular complexity index is 778. The molecule has 0 aromatic heterocycles. The predicted molar refractivity (Wildman–Crippen MR) is 96.5 cm³/mol. The Balaban J connectivity index is 1.95. The molecule has 2 heterocycles. The molecular formula is C16H17Cl2N5O2. The number of carbonyl (C=O) groups excluding carboxylic acids is 1. The maximum Gasteiger partial charge on any atom is 0.374 e. The number of carbonyl (C=O) groups is 1. The first kappa shape index (κ1) is 17.6. The zero-order chi connectivity index (χ0) is 18.0. The topological polar surface area (TPSA) is 92.0 Å². The van der Waals surface area contributed by atoms with Crippen LogP contribution in [0.15, 0.2) is 47.0 Å². The van der Waals surface area contributed by atoms with Crippen LogP contribution in [0.25, 0.3) is 0 Å². The largest absolute Gasteiger partial charge is 0.378 e. The Labute approximate surface area is 155 Å². The Morgan fingerprint density at radius 1 is 1.44 bits per heavy atom. The van der Waals surface area contributed by atoms with Crippen LogP contribution >= 0.6 is 23.2 Å². The van der Waals surface area contributed by atoms with E-state index < -0.39 is 5.97 Å². The third-order valence-corrected chi connectivity index (χ3v) is 4.63. The highest BCUT2D eigenvalue weighted by atomic mass is 35.5. The van der Waals surface area contributed by atoms with Gasteiger partial charge in [0.05, 0.1) is 0 Å². The number of benzene rings is 1. The molecule has 2 aliphatic rings. The first-order valence-electron chi connectivity index (χ1n) is 7.54. The van der Waals surface area contributed by atoms with Crippen LogP contribution in [0.5, 0.6) is 0 Å². The SMILES string of the molecule is CC1=C(C(=O)ON)N(Cc2cc(Cl)ccc2Cl)C(C2C=NC=CN2)N1. The summed E-state index contributed by atoms with van der Waals surface area (Å²) in [6.45, 7) is 2.13. The summed E-state index contributed by atoms with van der Waals surface area (Å²) in [5, 5.41) is 7.59. The molecule has 9 heteroatoms. The number of hydrogen-bond donors (Lipinski definition) is 3. The summed E-state index contributed by atoms with van der Waals surface area (Å²) in [7, 11) is 0. The second-order valence-electron chi connectivity index (χ2n) is 5.64. The summed E-state index contributed by atoms with van der Waals surface area (Å²) in [6, 6.07) is 5.03. The molecule has 0 fully saturated rings. The van der Waals surface area contributed by atoms with Crippen molar-refractivity contribution in [3.8, 4) is 0 Å². The molecule has 2 unspecified atom stereocenters. The Hall–Kier alpha value is -2.22. The van der Waals surface area contributed by atoms with E-state index in [0.717, 1.165) is 5.56 Å². The molecule has 2 atom stereocenters. The maximum atomic E-state index is 12.2. The summed E-state index contributed by atoms with van der Waals surface area (Å²) >= 11 is 12.4. The second-order valence-corrected chi connectivity index (χ2v) is 6.48. The number of nitrogens with zero attached hydrogens (tertiary/aromatic N) is 2. The van der Waals surface area contributed by atoms with Gasteiger partial charge in [0.1, 0.15) is 17.9 Å². The average Bonchev–Trinajstić information content (AvgIpc) is 2.94. The van der Waals surface area contributed by atoms with Crippen molar-refractivity contribution in [1.29, 1.82) is 0 Å². The van der Waals surface area contributed by atoms with Gasteiger partial charge in [-0.2, -0.15) is 5.90 Å². The number of nitrogens with two attached hydrogens (primary N) is 1. The molecular weight excluding hydrogens is 365 g/mol.